The van der Waals surface area contributed by atoms with E-state index in [-0.39, 0.29) is 6.03 Å². The van der Waals surface area contributed by atoms with Crippen molar-refractivity contribution in [2.75, 3.05) is 11.9 Å². The topological polar surface area (TPSA) is 61.4 Å². The lowest BCUT2D eigenvalue weighted by molar-refractivity contribution is 0.199. The van der Waals surface area contributed by atoms with Crippen LogP contribution in [0.5, 0.6) is 0 Å². The molecule has 1 aromatic carbocycles. The Labute approximate surface area is 120 Å². The van der Waals surface area contributed by atoms with Crippen molar-refractivity contribution < 1.29 is 9.90 Å². The number of aliphatic hydroxyl groups excluding tert-OH is 1. The van der Waals surface area contributed by atoms with E-state index in [1.807, 2.05) is 12.1 Å². The average Bonchev–Trinajstić information content (AvgIpc) is 2.82. The molecule has 1 aliphatic carbocycles. The predicted octanol–water partition coefficient (Wildman–Crippen LogP) is 3.30. The summed E-state index contributed by atoms with van der Waals surface area (Å²) in [5.41, 5.74) is 1.59. The Morgan fingerprint density at radius 2 is 2.05 bits per heavy atom. The number of carbonyl (C=O) groups excluding carboxylic acids is 1. The molecule has 110 valence electrons. The number of benzene rings is 1. The van der Waals surface area contributed by atoms with E-state index >= 15 is 0 Å². The van der Waals surface area contributed by atoms with Crippen LogP contribution in [0.2, 0.25) is 0 Å². The largest absolute Gasteiger partial charge is 0.389 e. The van der Waals surface area contributed by atoms with Crippen LogP contribution in [-0.4, -0.2) is 17.7 Å². The first-order valence-corrected chi connectivity index (χ1v) is 7.39. The third-order valence-electron chi connectivity index (χ3n) is 4.21. The average molecular weight is 276 g/mol. The van der Waals surface area contributed by atoms with Crippen molar-refractivity contribution in [1.82, 2.24) is 5.32 Å². The summed E-state index contributed by atoms with van der Waals surface area (Å²) in [6.45, 7) is 4.72. The van der Waals surface area contributed by atoms with Crippen molar-refractivity contribution in [3.05, 3.63) is 29.8 Å². The number of aliphatic hydroxyl groups is 1. The second kappa shape index (κ2) is 6.75. The van der Waals surface area contributed by atoms with Gasteiger partial charge >= 0.3 is 6.03 Å². The number of urea groups is 1. The van der Waals surface area contributed by atoms with Crippen molar-refractivity contribution in [3.8, 4) is 0 Å². The van der Waals surface area contributed by atoms with Gasteiger partial charge in [0.15, 0.2) is 0 Å². The summed E-state index contributed by atoms with van der Waals surface area (Å²) in [4.78, 5) is 11.8. The van der Waals surface area contributed by atoms with Crippen LogP contribution in [0.25, 0.3) is 0 Å². The maximum absolute atomic E-state index is 11.8. The van der Waals surface area contributed by atoms with Crippen LogP contribution in [-0.2, 0) is 0 Å². The summed E-state index contributed by atoms with van der Waals surface area (Å²) in [5, 5.41) is 15.2. The molecule has 0 saturated heterocycles. The summed E-state index contributed by atoms with van der Waals surface area (Å²) >= 11 is 0. The van der Waals surface area contributed by atoms with Gasteiger partial charge in [0.1, 0.15) is 0 Å². The second-order valence-electron chi connectivity index (χ2n) is 5.80. The lowest BCUT2D eigenvalue weighted by Gasteiger charge is -2.16. The third kappa shape index (κ3) is 3.97. The molecule has 20 heavy (non-hydrogen) atoms. The minimum absolute atomic E-state index is 0.158. The molecule has 2 rings (SSSR count). The monoisotopic (exact) mass is 276 g/mol. The van der Waals surface area contributed by atoms with Gasteiger partial charge in [0, 0.05) is 12.2 Å². The molecule has 3 atom stereocenters. The van der Waals surface area contributed by atoms with Gasteiger partial charge in [-0.2, -0.15) is 0 Å². The highest BCUT2D eigenvalue weighted by Crippen LogP contribution is 2.30. The molecular formula is C16H24N2O2. The van der Waals surface area contributed by atoms with E-state index in [1.54, 1.807) is 19.1 Å². The second-order valence-corrected chi connectivity index (χ2v) is 5.80. The van der Waals surface area contributed by atoms with Crippen LogP contribution in [0.1, 0.15) is 44.8 Å². The Hall–Kier alpha value is -1.55. The van der Waals surface area contributed by atoms with Crippen molar-refractivity contribution in [1.29, 1.82) is 0 Å². The molecule has 0 spiro atoms. The van der Waals surface area contributed by atoms with Crippen molar-refractivity contribution in [2.24, 2.45) is 11.8 Å². The van der Waals surface area contributed by atoms with Gasteiger partial charge in [0.25, 0.3) is 0 Å². The summed E-state index contributed by atoms with van der Waals surface area (Å²) in [5.74, 6) is 1.32. The van der Waals surface area contributed by atoms with Crippen LogP contribution >= 0.6 is 0 Å². The Bertz CT molecular complexity index is 442. The van der Waals surface area contributed by atoms with Crippen LogP contribution < -0.4 is 10.6 Å². The normalized spacial score (nSPS) is 23.4. The third-order valence-corrected chi connectivity index (χ3v) is 4.21. The minimum atomic E-state index is -0.485. The minimum Gasteiger partial charge on any atom is -0.389 e. The Balaban J connectivity index is 1.79. The molecule has 1 saturated carbocycles. The molecule has 1 fully saturated rings. The number of hydrogen-bond acceptors (Lipinski definition) is 2. The lowest BCUT2D eigenvalue weighted by atomic mass is 9.98. The number of anilines is 1. The highest BCUT2D eigenvalue weighted by Gasteiger charge is 2.23. The maximum atomic E-state index is 11.8. The Kier molecular flexibility index (Phi) is 5.01. The maximum Gasteiger partial charge on any atom is 0.319 e. The molecule has 3 N–H and O–H groups in total. The van der Waals surface area contributed by atoms with Crippen LogP contribution in [0.3, 0.4) is 0 Å². The Morgan fingerprint density at radius 3 is 2.60 bits per heavy atom. The number of hydrogen-bond donors (Lipinski definition) is 3. The van der Waals surface area contributed by atoms with Crippen LogP contribution in [0.4, 0.5) is 10.5 Å². The fraction of sp³-hybridized carbons (Fsp3) is 0.562. The van der Waals surface area contributed by atoms with Gasteiger partial charge in [-0.15, -0.1) is 0 Å². The quantitative estimate of drug-likeness (QED) is 0.790. The molecule has 0 heterocycles. The highest BCUT2D eigenvalue weighted by atomic mass is 16.3. The van der Waals surface area contributed by atoms with E-state index in [0.717, 1.165) is 17.8 Å². The molecule has 0 aliphatic heterocycles. The number of rotatable bonds is 4. The van der Waals surface area contributed by atoms with E-state index < -0.39 is 6.10 Å². The summed E-state index contributed by atoms with van der Waals surface area (Å²) in [7, 11) is 0. The number of nitrogens with one attached hydrogen (secondary N) is 2. The lowest BCUT2D eigenvalue weighted by Crippen LogP contribution is -2.33. The first-order valence-electron chi connectivity index (χ1n) is 7.39. The van der Waals surface area contributed by atoms with E-state index in [9.17, 15) is 9.90 Å². The van der Waals surface area contributed by atoms with Gasteiger partial charge in [-0.3, -0.25) is 0 Å². The number of amides is 2. The van der Waals surface area contributed by atoms with Crippen molar-refractivity contribution in [2.45, 2.75) is 39.2 Å². The fourth-order valence-corrected chi connectivity index (χ4v) is 2.77. The van der Waals surface area contributed by atoms with Crippen molar-refractivity contribution >= 4 is 11.7 Å². The molecule has 3 unspecified atom stereocenters. The van der Waals surface area contributed by atoms with Crippen LogP contribution in [0, 0.1) is 11.8 Å². The van der Waals surface area contributed by atoms with Gasteiger partial charge in [-0.25, -0.2) is 4.79 Å². The summed E-state index contributed by atoms with van der Waals surface area (Å²) < 4.78 is 0. The fourth-order valence-electron chi connectivity index (χ4n) is 2.77. The molecule has 0 aromatic heterocycles. The van der Waals surface area contributed by atoms with Gasteiger partial charge in [0.05, 0.1) is 6.10 Å². The molecule has 1 aliphatic rings. The SMILES string of the molecule is CC(O)c1ccc(NC(=O)NCC2CCCC2C)cc1. The molecule has 0 bridgehead atoms. The van der Waals surface area contributed by atoms with Gasteiger partial charge in [-0.05, 0) is 42.9 Å². The zero-order valence-corrected chi connectivity index (χ0v) is 12.2. The predicted molar refractivity (Wildman–Crippen MR) is 80.6 cm³/mol. The molecule has 1 aromatic rings. The van der Waals surface area contributed by atoms with Crippen LogP contribution in [0.15, 0.2) is 24.3 Å². The first kappa shape index (κ1) is 14.9. The standard InChI is InChI=1S/C16H24N2O2/c1-11-4-3-5-14(11)10-17-16(20)18-15-8-6-13(7-9-15)12(2)19/h6-9,11-12,14,19H,3-5,10H2,1-2H3,(H2,17,18,20). The van der Waals surface area contributed by atoms with E-state index in [0.29, 0.717) is 11.8 Å². The zero-order chi connectivity index (χ0) is 14.5. The van der Waals surface area contributed by atoms with Crippen molar-refractivity contribution in [3.63, 3.8) is 0 Å². The number of carbonyl (C=O) groups is 1. The summed E-state index contributed by atoms with van der Waals surface area (Å²) in [6.07, 6.45) is 3.27. The molecular weight excluding hydrogens is 252 g/mol. The molecule has 4 nitrogen and oxygen atoms in total. The molecule has 2 amide bonds. The van der Waals surface area contributed by atoms with Gasteiger partial charge in [-0.1, -0.05) is 31.9 Å². The van der Waals surface area contributed by atoms with Gasteiger partial charge in [0.2, 0.25) is 0 Å². The van der Waals surface area contributed by atoms with E-state index in [2.05, 4.69) is 17.6 Å². The van der Waals surface area contributed by atoms with Gasteiger partial charge < -0.3 is 15.7 Å². The zero-order valence-electron chi connectivity index (χ0n) is 12.2. The smallest absolute Gasteiger partial charge is 0.319 e. The molecule has 4 heteroatoms. The molecule has 0 radical (unpaired) electrons. The van der Waals surface area contributed by atoms with E-state index in [1.165, 1.54) is 19.3 Å². The van der Waals surface area contributed by atoms with E-state index in [4.69, 9.17) is 0 Å². The Morgan fingerprint density at radius 1 is 1.35 bits per heavy atom. The highest BCUT2D eigenvalue weighted by molar-refractivity contribution is 5.89. The first-order chi connectivity index (χ1) is 9.56. The summed E-state index contributed by atoms with van der Waals surface area (Å²) in [6, 6.07) is 7.09.